The van der Waals surface area contributed by atoms with Crippen molar-refractivity contribution in [2.45, 2.75) is 38.7 Å². The van der Waals surface area contributed by atoms with E-state index in [1.807, 2.05) is 6.07 Å². The van der Waals surface area contributed by atoms with Crippen molar-refractivity contribution in [2.75, 3.05) is 0 Å². The Bertz CT molecular complexity index is 625. The van der Waals surface area contributed by atoms with Crippen LogP contribution < -0.4 is 0 Å². The second-order valence-corrected chi connectivity index (χ2v) is 6.50. The third-order valence-corrected chi connectivity index (χ3v) is 5.15. The molecule has 106 valence electrons. The van der Waals surface area contributed by atoms with Crippen molar-refractivity contribution in [1.29, 1.82) is 0 Å². The SMILES string of the molecule is Cc1cc(C(O)c2cc3c(s2)CCCC3)c(F)cc1F. The number of hydrogen-bond donors (Lipinski definition) is 1. The van der Waals surface area contributed by atoms with Crippen molar-refractivity contribution in [1.82, 2.24) is 0 Å². The molecule has 1 atom stereocenters. The first-order chi connectivity index (χ1) is 9.56. The Balaban J connectivity index is 1.98. The number of aryl methyl sites for hydroxylation is 3. The second kappa shape index (κ2) is 5.26. The van der Waals surface area contributed by atoms with E-state index in [9.17, 15) is 13.9 Å². The van der Waals surface area contributed by atoms with E-state index >= 15 is 0 Å². The van der Waals surface area contributed by atoms with Gasteiger partial charge in [-0.3, -0.25) is 0 Å². The van der Waals surface area contributed by atoms with Crippen molar-refractivity contribution in [3.05, 3.63) is 56.3 Å². The molecular formula is C16H16F2OS. The van der Waals surface area contributed by atoms with Gasteiger partial charge in [0.1, 0.15) is 17.7 Å². The van der Waals surface area contributed by atoms with Crippen molar-refractivity contribution in [3.63, 3.8) is 0 Å². The Morgan fingerprint density at radius 3 is 2.60 bits per heavy atom. The molecule has 0 aliphatic heterocycles. The van der Waals surface area contributed by atoms with E-state index in [0.717, 1.165) is 23.8 Å². The van der Waals surface area contributed by atoms with Crippen LogP contribution in [-0.2, 0) is 12.8 Å². The van der Waals surface area contributed by atoms with Crippen LogP contribution in [0.4, 0.5) is 8.78 Å². The van der Waals surface area contributed by atoms with Crippen molar-refractivity contribution in [2.24, 2.45) is 0 Å². The molecule has 0 bridgehead atoms. The molecule has 1 aliphatic rings. The number of benzene rings is 1. The zero-order chi connectivity index (χ0) is 14.3. The molecule has 0 amide bonds. The lowest BCUT2D eigenvalue weighted by Gasteiger charge is -2.11. The van der Waals surface area contributed by atoms with E-state index in [4.69, 9.17) is 0 Å². The normalized spacial score (nSPS) is 16.0. The molecule has 0 spiro atoms. The smallest absolute Gasteiger partial charge is 0.132 e. The summed E-state index contributed by atoms with van der Waals surface area (Å²) in [4.78, 5) is 2.05. The van der Waals surface area contributed by atoms with Gasteiger partial charge in [-0.2, -0.15) is 0 Å². The average molecular weight is 294 g/mol. The van der Waals surface area contributed by atoms with Gasteiger partial charge in [-0.1, -0.05) is 0 Å². The van der Waals surface area contributed by atoms with Gasteiger partial charge in [0, 0.05) is 21.4 Å². The maximum atomic E-state index is 13.9. The molecule has 1 nitrogen and oxygen atoms in total. The van der Waals surface area contributed by atoms with Gasteiger partial charge in [-0.25, -0.2) is 8.78 Å². The summed E-state index contributed by atoms with van der Waals surface area (Å²) in [6, 6.07) is 4.22. The van der Waals surface area contributed by atoms with Crippen LogP contribution in [0.2, 0.25) is 0 Å². The minimum absolute atomic E-state index is 0.155. The first-order valence-corrected chi connectivity index (χ1v) is 7.63. The Labute approximate surface area is 120 Å². The zero-order valence-corrected chi connectivity index (χ0v) is 12.1. The third-order valence-electron chi connectivity index (χ3n) is 3.86. The van der Waals surface area contributed by atoms with Crippen LogP contribution in [0.5, 0.6) is 0 Å². The van der Waals surface area contributed by atoms with E-state index in [0.29, 0.717) is 5.56 Å². The molecule has 3 rings (SSSR count). The Morgan fingerprint density at radius 1 is 1.10 bits per heavy atom. The number of hydrogen-bond acceptors (Lipinski definition) is 2. The number of thiophene rings is 1. The van der Waals surface area contributed by atoms with Gasteiger partial charge in [0.25, 0.3) is 0 Å². The molecular weight excluding hydrogens is 278 g/mol. The predicted molar refractivity (Wildman–Crippen MR) is 76.1 cm³/mol. The molecule has 1 aromatic carbocycles. The topological polar surface area (TPSA) is 20.2 Å². The lowest BCUT2D eigenvalue weighted by molar-refractivity contribution is 0.218. The minimum atomic E-state index is -1.01. The monoisotopic (exact) mass is 294 g/mol. The molecule has 20 heavy (non-hydrogen) atoms. The highest BCUT2D eigenvalue weighted by Gasteiger charge is 2.22. The fraction of sp³-hybridized carbons (Fsp3) is 0.375. The molecule has 0 radical (unpaired) electrons. The first-order valence-electron chi connectivity index (χ1n) is 6.81. The van der Waals surface area contributed by atoms with E-state index in [2.05, 4.69) is 0 Å². The highest BCUT2D eigenvalue weighted by Crippen LogP contribution is 2.36. The van der Waals surface area contributed by atoms with E-state index in [1.54, 1.807) is 18.3 Å². The van der Waals surface area contributed by atoms with Crippen molar-refractivity contribution < 1.29 is 13.9 Å². The van der Waals surface area contributed by atoms with Gasteiger partial charge in [0.15, 0.2) is 0 Å². The van der Waals surface area contributed by atoms with Crippen LogP contribution in [0.25, 0.3) is 0 Å². The van der Waals surface area contributed by atoms with Gasteiger partial charge in [0.2, 0.25) is 0 Å². The van der Waals surface area contributed by atoms with Crippen molar-refractivity contribution >= 4 is 11.3 Å². The predicted octanol–water partition coefficient (Wildman–Crippen LogP) is 4.30. The van der Waals surface area contributed by atoms with Gasteiger partial charge in [-0.05, 0) is 55.9 Å². The molecule has 1 aromatic heterocycles. The van der Waals surface area contributed by atoms with Crippen LogP contribution >= 0.6 is 11.3 Å². The fourth-order valence-corrected chi connectivity index (χ4v) is 3.95. The number of aliphatic hydroxyl groups excluding tert-OH is 1. The standard InChI is InChI=1S/C16H16F2OS/c1-9-6-11(13(18)8-12(9)17)16(19)15-7-10-4-2-3-5-14(10)20-15/h6-8,16,19H,2-5H2,1H3. The summed E-state index contributed by atoms with van der Waals surface area (Å²) >= 11 is 1.55. The zero-order valence-electron chi connectivity index (χ0n) is 11.2. The highest BCUT2D eigenvalue weighted by molar-refractivity contribution is 7.12. The molecule has 1 aliphatic carbocycles. The van der Waals surface area contributed by atoms with E-state index in [1.165, 1.54) is 29.3 Å². The van der Waals surface area contributed by atoms with Gasteiger partial charge < -0.3 is 5.11 Å². The summed E-state index contributed by atoms with van der Waals surface area (Å²) in [5.74, 6) is -1.27. The van der Waals surface area contributed by atoms with E-state index in [-0.39, 0.29) is 5.56 Å². The van der Waals surface area contributed by atoms with Crippen LogP contribution in [-0.4, -0.2) is 5.11 Å². The summed E-state index contributed by atoms with van der Waals surface area (Å²) < 4.78 is 27.1. The largest absolute Gasteiger partial charge is 0.383 e. The number of fused-ring (bicyclic) bond motifs is 1. The lowest BCUT2D eigenvalue weighted by Crippen LogP contribution is -2.02. The van der Waals surface area contributed by atoms with Crippen LogP contribution in [0, 0.1) is 18.6 Å². The van der Waals surface area contributed by atoms with Crippen LogP contribution in [0.1, 0.15) is 45.4 Å². The molecule has 2 aromatic rings. The minimum Gasteiger partial charge on any atom is -0.383 e. The summed E-state index contributed by atoms with van der Waals surface area (Å²) in [5, 5.41) is 10.4. The highest BCUT2D eigenvalue weighted by atomic mass is 32.1. The molecule has 0 saturated carbocycles. The number of aliphatic hydroxyl groups is 1. The molecule has 1 unspecified atom stereocenters. The van der Waals surface area contributed by atoms with E-state index < -0.39 is 17.7 Å². The molecule has 0 saturated heterocycles. The summed E-state index contributed by atoms with van der Waals surface area (Å²) in [5.41, 5.74) is 1.78. The Morgan fingerprint density at radius 2 is 1.85 bits per heavy atom. The van der Waals surface area contributed by atoms with Crippen molar-refractivity contribution in [3.8, 4) is 0 Å². The second-order valence-electron chi connectivity index (χ2n) is 5.33. The first kappa shape index (κ1) is 13.7. The fourth-order valence-electron chi connectivity index (χ4n) is 2.69. The quantitative estimate of drug-likeness (QED) is 0.875. The summed E-state index contributed by atoms with van der Waals surface area (Å²) in [6.45, 7) is 1.57. The van der Waals surface area contributed by atoms with Crippen LogP contribution in [0.3, 0.4) is 0 Å². The summed E-state index contributed by atoms with van der Waals surface area (Å²) in [7, 11) is 0. The number of rotatable bonds is 2. The third kappa shape index (κ3) is 2.38. The molecule has 0 fully saturated rings. The molecule has 1 N–H and O–H groups in total. The summed E-state index contributed by atoms with van der Waals surface area (Å²) in [6.07, 6.45) is 3.40. The number of halogens is 2. The van der Waals surface area contributed by atoms with Crippen LogP contribution in [0.15, 0.2) is 18.2 Å². The van der Waals surface area contributed by atoms with Gasteiger partial charge >= 0.3 is 0 Å². The Kier molecular flexibility index (Phi) is 3.61. The van der Waals surface area contributed by atoms with Gasteiger partial charge in [-0.15, -0.1) is 11.3 Å². The Hall–Kier alpha value is -1.26. The van der Waals surface area contributed by atoms with Gasteiger partial charge in [0.05, 0.1) is 0 Å². The lowest BCUT2D eigenvalue weighted by atomic mass is 9.98. The average Bonchev–Trinajstić information content (AvgIpc) is 2.86. The maximum Gasteiger partial charge on any atom is 0.132 e. The molecule has 4 heteroatoms. The maximum absolute atomic E-state index is 13.9. The molecule has 1 heterocycles.